The van der Waals surface area contributed by atoms with Gasteiger partial charge in [0.25, 0.3) is 0 Å². The summed E-state index contributed by atoms with van der Waals surface area (Å²) < 4.78 is 0. The minimum Gasteiger partial charge on any atom is -0.300 e. The van der Waals surface area contributed by atoms with Gasteiger partial charge in [-0.25, -0.2) is 0 Å². The minimum absolute atomic E-state index is 0.167. The number of hydrogen-bond acceptors (Lipinski definition) is 3. The van der Waals surface area contributed by atoms with E-state index in [1.54, 1.807) is 0 Å². The average Bonchev–Trinajstić information content (AvgIpc) is 2.34. The maximum Gasteiger partial charge on any atom is 0.126 e. The Labute approximate surface area is 74.6 Å². The summed E-state index contributed by atoms with van der Waals surface area (Å²) in [6.07, 6.45) is 1.19. The molecular formula is C9H19NO2. The van der Waals surface area contributed by atoms with Gasteiger partial charge in [0.05, 0.1) is 6.61 Å². The van der Waals surface area contributed by atoms with Gasteiger partial charge in [-0.15, -0.1) is 0 Å². The van der Waals surface area contributed by atoms with Crippen molar-refractivity contribution in [1.82, 2.24) is 5.06 Å². The number of hydrogen-bond donors (Lipinski definition) is 0. The molecule has 1 saturated heterocycles. The smallest absolute Gasteiger partial charge is 0.126 e. The van der Waals surface area contributed by atoms with Crippen molar-refractivity contribution in [3.8, 4) is 0 Å². The van der Waals surface area contributed by atoms with Gasteiger partial charge in [0.2, 0.25) is 0 Å². The number of ketones is 1. The molecule has 0 spiro atoms. The van der Waals surface area contributed by atoms with Gasteiger partial charge in [0, 0.05) is 12.6 Å². The molecule has 12 heavy (non-hydrogen) atoms. The van der Waals surface area contributed by atoms with Crippen LogP contribution in [0.15, 0.2) is 0 Å². The van der Waals surface area contributed by atoms with Crippen molar-refractivity contribution in [3.05, 3.63) is 0 Å². The molecule has 3 nitrogen and oxygen atoms in total. The van der Waals surface area contributed by atoms with Gasteiger partial charge in [0.15, 0.2) is 0 Å². The maximum atomic E-state index is 9.44. The number of hydroxylamine groups is 2. The SMILES string of the molecule is CC(C)=O.CC(C)N1CCCO1. The molecule has 0 bridgehead atoms. The van der Waals surface area contributed by atoms with Crippen molar-refractivity contribution >= 4 is 5.78 Å². The van der Waals surface area contributed by atoms with Crippen LogP contribution in [0, 0.1) is 0 Å². The summed E-state index contributed by atoms with van der Waals surface area (Å²) >= 11 is 0. The van der Waals surface area contributed by atoms with Gasteiger partial charge in [0.1, 0.15) is 5.78 Å². The van der Waals surface area contributed by atoms with Crippen LogP contribution in [-0.4, -0.2) is 30.0 Å². The standard InChI is InChI=1S/C6H13NO.C3H6O/c1-6(2)7-4-3-5-8-7;1-3(2)4/h6H,3-5H2,1-2H3;1-2H3. The Morgan fingerprint density at radius 3 is 2.08 bits per heavy atom. The molecule has 0 radical (unpaired) electrons. The highest BCUT2D eigenvalue weighted by atomic mass is 16.7. The fourth-order valence-electron chi connectivity index (χ4n) is 0.874. The first-order valence-electron chi connectivity index (χ1n) is 4.40. The fraction of sp³-hybridized carbons (Fsp3) is 0.889. The van der Waals surface area contributed by atoms with Crippen LogP contribution in [0.4, 0.5) is 0 Å². The molecule has 0 aliphatic carbocycles. The Bertz CT molecular complexity index is 124. The van der Waals surface area contributed by atoms with Gasteiger partial charge in [-0.05, 0) is 34.1 Å². The highest BCUT2D eigenvalue weighted by molar-refractivity contribution is 5.72. The molecule has 1 rings (SSSR count). The van der Waals surface area contributed by atoms with Crippen LogP contribution in [-0.2, 0) is 9.63 Å². The van der Waals surface area contributed by atoms with Gasteiger partial charge in [-0.3, -0.25) is 4.84 Å². The monoisotopic (exact) mass is 173 g/mol. The number of Topliss-reactive ketones (excluding diaryl/α,β-unsaturated/α-hetero) is 1. The van der Waals surface area contributed by atoms with Crippen molar-refractivity contribution in [3.63, 3.8) is 0 Å². The van der Waals surface area contributed by atoms with Crippen molar-refractivity contribution in [2.45, 2.75) is 40.2 Å². The van der Waals surface area contributed by atoms with Crippen molar-refractivity contribution in [2.24, 2.45) is 0 Å². The molecule has 0 amide bonds. The normalized spacial score (nSPS) is 17.4. The first kappa shape index (κ1) is 11.6. The van der Waals surface area contributed by atoms with Crippen LogP contribution in [0.5, 0.6) is 0 Å². The highest BCUT2D eigenvalue weighted by Gasteiger charge is 2.14. The molecule has 0 saturated carbocycles. The summed E-state index contributed by atoms with van der Waals surface area (Å²) in [4.78, 5) is 14.7. The molecule has 72 valence electrons. The van der Waals surface area contributed by atoms with Gasteiger partial charge in [-0.2, -0.15) is 5.06 Å². The van der Waals surface area contributed by atoms with E-state index in [0.29, 0.717) is 6.04 Å². The lowest BCUT2D eigenvalue weighted by molar-refractivity contribution is -0.132. The van der Waals surface area contributed by atoms with Crippen molar-refractivity contribution in [2.75, 3.05) is 13.2 Å². The summed E-state index contributed by atoms with van der Waals surface area (Å²) in [5.74, 6) is 0.167. The van der Waals surface area contributed by atoms with E-state index >= 15 is 0 Å². The molecule has 1 fully saturated rings. The number of rotatable bonds is 1. The second-order valence-corrected chi connectivity index (χ2v) is 3.33. The number of nitrogens with zero attached hydrogens (tertiary/aromatic N) is 1. The molecule has 1 aliphatic rings. The van der Waals surface area contributed by atoms with E-state index in [-0.39, 0.29) is 5.78 Å². The van der Waals surface area contributed by atoms with Crippen LogP contribution in [0.1, 0.15) is 34.1 Å². The predicted octanol–water partition coefficient (Wildman–Crippen LogP) is 1.63. The first-order valence-corrected chi connectivity index (χ1v) is 4.40. The highest BCUT2D eigenvalue weighted by Crippen LogP contribution is 2.07. The largest absolute Gasteiger partial charge is 0.300 e. The molecule has 0 aromatic heterocycles. The zero-order valence-electron chi connectivity index (χ0n) is 8.46. The Morgan fingerprint density at radius 2 is 1.92 bits per heavy atom. The van der Waals surface area contributed by atoms with Crippen LogP contribution in [0.2, 0.25) is 0 Å². The third-order valence-corrected chi connectivity index (χ3v) is 1.36. The molecule has 0 aromatic carbocycles. The zero-order valence-corrected chi connectivity index (χ0v) is 8.46. The van der Waals surface area contributed by atoms with Gasteiger partial charge >= 0.3 is 0 Å². The Morgan fingerprint density at radius 1 is 1.42 bits per heavy atom. The molecule has 0 unspecified atom stereocenters. The van der Waals surface area contributed by atoms with Crippen LogP contribution < -0.4 is 0 Å². The molecular weight excluding hydrogens is 154 g/mol. The van der Waals surface area contributed by atoms with E-state index in [0.717, 1.165) is 13.2 Å². The lowest BCUT2D eigenvalue weighted by atomic mass is 10.4. The third kappa shape index (κ3) is 6.31. The molecule has 0 aromatic rings. The quantitative estimate of drug-likeness (QED) is 0.603. The average molecular weight is 173 g/mol. The van der Waals surface area contributed by atoms with E-state index in [1.807, 2.05) is 5.06 Å². The first-order chi connectivity index (χ1) is 5.54. The van der Waals surface area contributed by atoms with Crippen molar-refractivity contribution < 1.29 is 9.63 Å². The van der Waals surface area contributed by atoms with Crippen LogP contribution in [0.25, 0.3) is 0 Å². The summed E-state index contributed by atoms with van der Waals surface area (Å²) in [5.41, 5.74) is 0. The Hall–Kier alpha value is -0.410. The second-order valence-electron chi connectivity index (χ2n) is 3.33. The number of carbonyl (C=O) groups is 1. The molecule has 0 atom stereocenters. The topological polar surface area (TPSA) is 29.5 Å². The van der Waals surface area contributed by atoms with E-state index in [4.69, 9.17) is 4.84 Å². The maximum absolute atomic E-state index is 9.44. The summed E-state index contributed by atoms with van der Waals surface area (Å²) in [7, 11) is 0. The van der Waals surface area contributed by atoms with E-state index < -0.39 is 0 Å². The summed E-state index contributed by atoms with van der Waals surface area (Å²) in [5, 5.41) is 2.03. The zero-order chi connectivity index (χ0) is 9.56. The molecule has 1 heterocycles. The van der Waals surface area contributed by atoms with E-state index in [9.17, 15) is 4.79 Å². The molecule has 3 heteroatoms. The lowest BCUT2D eigenvalue weighted by Gasteiger charge is -2.16. The van der Waals surface area contributed by atoms with Crippen molar-refractivity contribution in [1.29, 1.82) is 0 Å². The summed E-state index contributed by atoms with van der Waals surface area (Å²) in [6, 6.07) is 0.553. The predicted molar refractivity (Wildman–Crippen MR) is 48.8 cm³/mol. The van der Waals surface area contributed by atoms with Gasteiger partial charge in [-0.1, -0.05) is 0 Å². The minimum atomic E-state index is 0.167. The Balaban J connectivity index is 0.000000261. The molecule has 0 N–H and O–H groups in total. The van der Waals surface area contributed by atoms with Crippen LogP contribution in [0.3, 0.4) is 0 Å². The Kier molecular flexibility index (Phi) is 5.93. The van der Waals surface area contributed by atoms with Gasteiger partial charge < -0.3 is 4.79 Å². The number of carbonyl (C=O) groups excluding carboxylic acids is 1. The fourth-order valence-corrected chi connectivity index (χ4v) is 0.874. The van der Waals surface area contributed by atoms with Crippen LogP contribution >= 0.6 is 0 Å². The van der Waals surface area contributed by atoms with E-state index in [2.05, 4.69) is 13.8 Å². The van der Waals surface area contributed by atoms with E-state index in [1.165, 1.54) is 20.3 Å². The molecule has 1 aliphatic heterocycles. The third-order valence-electron chi connectivity index (χ3n) is 1.36. The summed E-state index contributed by atoms with van der Waals surface area (Å²) in [6.45, 7) is 9.37. The second kappa shape index (κ2) is 6.14. The lowest BCUT2D eigenvalue weighted by Crippen LogP contribution is -2.25.